The fourth-order valence-electron chi connectivity index (χ4n) is 4.02. The maximum Gasteiger partial charge on any atom is 0.496 e. The Labute approximate surface area is 184 Å². The minimum absolute atomic E-state index is 0.00919. The average molecular weight is 459 g/mol. The molecule has 2 bridgehead atoms. The molecule has 2 aromatic heterocycles. The number of pyridine rings is 1. The topological polar surface area (TPSA) is 100.0 Å². The number of carbonyl (C=O) groups is 1. The van der Waals surface area contributed by atoms with Gasteiger partial charge >= 0.3 is 6.03 Å². The number of nitrogens with zero attached hydrogens (tertiary/aromatic N) is 3. The summed E-state index contributed by atoms with van der Waals surface area (Å²) in [5.41, 5.74) is 1.63. The predicted octanol–water partition coefficient (Wildman–Crippen LogP) is 3.64. The summed E-state index contributed by atoms with van der Waals surface area (Å²) >= 11 is 6.20. The van der Waals surface area contributed by atoms with Gasteiger partial charge in [0.05, 0.1) is 11.2 Å². The largest absolute Gasteiger partial charge is 0.496 e. The molecule has 0 radical (unpaired) electrons. The summed E-state index contributed by atoms with van der Waals surface area (Å²) in [7, 11) is 0. The molecule has 11 heteroatoms. The first kappa shape index (κ1) is 20.3. The Morgan fingerprint density at radius 1 is 1.28 bits per heavy atom. The van der Waals surface area contributed by atoms with Gasteiger partial charge in [0.1, 0.15) is 28.9 Å². The number of amides is 2. The van der Waals surface area contributed by atoms with Gasteiger partial charge in [0.2, 0.25) is 5.95 Å². The van der Waals surface area contributed by atoms with Crippen molar-refractivity contribution < 1.29 is 22.9 Å². The number of aromatic amines is 1. The Morgan fingerprint density at radius 2 is 2.12 bits per heavy atom. The van der Waals surface area contributed by atoms with E-state index in [2.05, 4.69) is 20.5 Å². The number of urea groups is 1. The van der Waals surface area contributed by atoms with Crippen LogP contribution in [0.15, 0.2) is 41.3 Å². The molecule has 0 aliphatic carbocycles. The van der Waals surface area contributed by atoms with Crippen LogP contribution >= 0.6 is 11.6 Å². The lowest BCUT2D eigenvalue weighted by molar-refractivity contribution is -0.460. The number of aromatic nitrogens is 3. The van der Waals surface area contributed by atoms with E-state index < -0.39 is 17.8 Å². The Kier molecular flexibility index (Phi) is 4.93. The second-order valence-electron chi connectivity index (χ2n) is 7.43. The molecule has 5 rings (SSSR count). The molecule has 0 spiro atoms. The van der Waals surface area contributed by atoms with Crippen molar-refractivity contribution in [2.45, 2.75) is 25.3 Å². The van der Waals surface area contributed by atoms with Gasteiger partial charge in [-0.1, -0.05) is 11.6 Å². The molecule has 0 unspecified atom stereocenters. The van der Waals surface area contributed by atoms with Crippen LogP contribution in [0.5, 0.6) is 11.5 Å². The molecule has 2 aliphatic rings. The zero-order chi connectivity index (χ0) is 22.4. The quantitative estimate of drug-likeness (QED) is 0.461. The number of rotatable bonds is 3. The lowest BCUT2D eigenvalue weighted by Gasteiger charge is -2.18. The number of nitrogens with one attached hydrogen (secondary N) is 2. The van der Waals surface area contributed by atoms with Crippen molar-refractivity contribution in [3.63, 3.8) is 0 Å². The van der Waals surface area contributed by atoms with Gasteiger partial charge in [0.25, 0.3) is 5.56 Å². The summed E-state index contributed by atoms with van der Waals surface area (Å²) in [6.45, 7) is 0. The lowest BCUT2D eigenvalue weighted by atomic mass is 10.0. The minimum atomic E-state index is -0.759. The van der Waals surface area contributed by atoms with Gasteiger partial charge in [-0.05, 0) is 24.1 Å². The first-order chi connectivity index (χ1) is 15.4. The summed E-state index contributed by atoms with van der Waals surface area (Å²) < 4.78 is 34.6. The van der Waals surface area contributed by atoms with E-state index >= 15 is 0 Å². The van der Waals surface area contributed by atoms with E-state index in [0.29, 0.717) is 24.2 Å². The van der Waals surface area contributed by atoms with Crippen LogP contribution in [0.2, 0.25) is 5.02 Å². The first-order valence-electron chi connectivity index (χ1n) is 9.72. The van der Waals surface area contributed by atoms with Crippen LogP contribution in [-0.2, 0) is 6.42 Å². The minimum Gasteiger partial charge on any atom is -0.454 e. The summed E-state index contributed by atoms with van der Waals surface area (Å²) in [5, 5.41) is 9.08. The van der Waals surface area contributed by atoms with Crippen molar-refractivity contribution in [2.75, 3.05) is 5.32 Å². The van der Waals surface area contributed by atoms with E-state index in [1.54, 1.807) is 4.58 Å². The van der Waals surface area contributed by atoms with Gasteiger partial charge < -0.3 is 4.74 Å². The standard InChI is InChI=1S/C21H14ClF2N5O3/c22-13-7-15(14(23)8-17(13)32-12-2-4-18(24)25-9-12)26-21(31)29-11-1-3-16(29)20-10(5-11)6-19(30)27-28-20/h2,4,6-9,11H,1,3,5H2,(H,26,31)/p+1/t11-/m0/s1. The van der Waals surface area contributed by atoms with Gasteiger partial charge in [-0.2, -0.15) is 18.9 Å². The van der Waals surface area contributed by atoms with Gasteiger partial charge in [0.15, 0.2) is 11.5 Å². The van der Waals surface area contributed by atoms with Crippen LogP contribution in [-0.4, -0.2) is 37.5 Å². The maximum absolute atomic E-state index is 14.7. The Balaban J connectivity index is 1.41. The van der Waals surface area contributed by atoms with Crippen molar-refractivity contribution in [1.29, 1.82) is 0 Å². The van der Waals surface area contributed by atoms with Crippen molar-refractivity contribution in [1.82, 2.24) is 15.2 Å². The fourth-order valence-corrected chi connectivity index (χ4v) is 4.22. The molecule has 0 saturated carbocycles. The molecular formula is C21H15ClF2N5O3+. The molecule has 1 atom stereocenters. The third-order valence-electron chi connectivity index (χ3n) is 5.40. The Morgan fingerprint density at radius 3 is 2.91 bits per heavy atom. The van der Waals surface area contributed by atoms with E-state index in [9.17, 15) is 18.4 Å². The monoisotopic (exact) mass is 458 g/mol. The van der Waals surface area contributed by atoms with Crippen LogP contribution in [0.1, 0.15) is 24.1 Å². The molecule has 3 aromatic rings. The summed E-state index contributed by atoms with van der Waals surface area (Å²) in [5.74, 6) is -1.27. The third kappa shape index (κ3) is 3.62. The molecule has 1 aromatic carbocycles. The van der Waals surface area contributed by atoms with E-state index in [4.69, 9.17) is 16.3 Å². The highest BCUT2D eigenvalue weighted by molar-refractivity contribution is 6.32. The molecule has 2 amide bonds. The number of ether oxygens (including phenoxy) is 1. The summed E-state index contributed by atoms with van der Waals surface area (Å²) in [4.78, 5) is 28.0. The smallest absolute Gasteiger partial charge is 0.454 e. The zero-order valence-corrected chi connectivity index (χ0v) is 17.1. The van der Waals surface area contributed by atoms with E-state index in [1.165, 1.54) is 18.2 Å². The highest BCUT2D eigenvalue weighted by Crippen LogP contribution is 2.34. The molecule has 2 N–H and O–H groups in total. The highest BCUT2D eigenvalue weighted by atomic mass is 35.5. The molecule has 4 heterocycles. The molecule has 8 nitrogen and oxygen atoms in total. The predicted molar refractivity (Wildman–Crippen MR) is 111 cm³/mol. The number of hydrogen-bond donors (Lipinski definition) is 2. The molecule has 2 aliphatic heterocycles. The van der Waals surface area contributed by atoms with Gasteiger partial charge in [-0.25, -0.2) is 19.8 Å². The van der Waals surface area contributed by atoms with Crippen molar-refractivity contribution in [3.05, 3.63) is 74.9 Å². The van der Waals surface area contributed by atoms with Crippen LogP contribution < -0.4 is 15.6 Å². The fraction of sp³-hybridized carbons (Fsp3) is 0.190. The zero-order valence-electron chi connectivity index (χ0n) is 16.4. The molecule has 0 saturated heterocycles. The number of anilines is 1. The molecule has 0 fully saturated rings. The number of benzene rings is 1. The van der Waals surface area contributed by atoms with Gasteiger partial charge in [-0.3, -0.25) is 4.79 Å². The van der Waals surface area contributed by atoms with Crippen LogP contribution in [0.4, 0.5) is 19.3 Å². The first-order valence-corrected chi connectivity index (χ1v) is 10.1. The van der Waals surface area contributed by atoms with Gasteiger partial charge in [-0.15, -0.1) is 0 Å². The number of halogens is 3. The molecule has 162 valence electrons. The molecule has 32 heavy (non-hydrogen) atoms. The van der Waals surface area contributed by atoms with Crippen molar-refractivity contribution in [3.8, 4) is 11.5 Å². The number of H-pyrrole nitrogens is 1. The molecular weight excluding hydrogens is 444 g/mol. The second kappa shape index (κ2) is 7.79. The second-order valence-corrected chi connectivity index (χ2v) is 7.84. The van der Waals surface area contributed by atoms with Crippen molar-refractivity contribution >= 4 is 29.0 Å². The SMILES string of the molecule is O=C(Nc1cc(Cl)c(Oc2ccc(F)nc2)cc1F)[N+]1=C2CC[C@H]1Cc1cc(=O)[nH]nc12. The van der Waals surface area contributed by atoms with E-state index in [-0.39, 0.29) is 33.8 Å². The normalized spacial score (nSPS) is 16.7. The number of carbonyl (C=O) groups excluding carboxylic acids is 1. The average Bonchev–Trinajstić information content (AvgIpc) is 3.08. The Bertz CT molecular complexity index is 1340. The van der Waals surface area contributed by atoms with E-state index in [0.717, 1.165) is 30.3 Å². The van der Waals surface area contributed by atoms with Crippen molar-refractivity contribution in [2.24, 2.45) is 0 Å². The highest BCUT2D eigenvalue weighted by Gasteiger charge is 2.42. The van der Waals surface area contributed by atoms with Crippen LogP contribution in [0.3, 0.4) is 0 Å². The van der Waals surface area contributed by atoms with Gasteiger partial charge in [0, 0.05) is 31.0 Å². The summed E-state index contributed by atoms with van der Waals surface area (Å²) in [6, 6.07) is 5.52. The Hall–Kier alpha value is -3.66. The van der Waals surface area contributed by atoms with Crippen LogP contribution in [0.25, 0.3) is 0 Å². The maximum atomic E-state index is 14.7. The van der Waals surface area contributed by atoms with Crippen LogP contribution in [0, 0.1) is 11.8 Å². The summed E-state index contributed by atoms with van der Waals surface area (Å²) in [6.07, 6.45) is 2.97. The lowest BCUT2D eigenvalue weighted by Crippen LogP contribution is -2.40. The van der Waals surface area contributed by atoms with E-state index in [1.807, 2.05) is 0 Å². The third-order valence-corrected chi connectivity index (χ3v) is 5.69. The number of hydrogen-bond acceptors (Lipinski definition) is 5. The number of fused-ring (bicyclic) bond motifs is 3.